The molecule has 0 spiro atoms. The molecule has 0 unspecified atom stereocenters. The number of nitrogens with zero attached hydrogens (tertiary/aromatic N) is 1. The minimum absolute atomic E-state index is 0.0582. The average Bonchev–Trinajstić information content (AvgIpc) is 2.40. The number of hydrogen-bond acceptors (Lipinski definition) is 3. The number of carboxylic acid groups (broad SMARTS) is 1. The van der Waals surface area contributed by atoms with Crippen LogP contribution in [0.15, 0.2) is 36.4 Å². The first-order chi connectivity index (χ1) is 9.77. The Kier molecular flexibility index (Phi) is 4.04. The zero-order valence-corrected chi connectivity index (χ0v) is 11.0. The molecule has 0 fully saturated rings. The quantitative estimate of drug-likeness (QED) is 0.891. The van der Waals surface area contributed by atoms with E-state index in [0.29, 0.717) is 0 Å². The van der Waals surface area contributed by atoms with Crippen LogP contribution in [0, 0.1) is 0 Å². The van der Waals surface area contributed by atoms with Crippen LogP contribution in [0.25, 0.3) is 0 Å². The van der Waals surface area contributed by atoms with E-state index in [9.17, 15) is 18.0 Å². The van der Waals surface area contributed by atoms with Crippen molar-refractivity contribution in [3.63, 3.8) is 0 Å². The first kappa shape index (κ1) is 15.1. The number of aromatic carboxylic acids is 1. The third-order valence-electron chi connectivity index (χ3n) is 2.51. The van der Waals surface area contributed by atoms with Gasteiger partial charge in [0.25, 0.3) is 0 Å². The lowest BCUT2D eigenvalue weighted by Gasteiger charge is -2.10. The van der Waals surface area contributed by atoms with Crippen LogP contribution in [0.2, 0.25) is 5.02 Å². The van der Waals surface area contributed by atoms with Gasteiger partial charge in [-0.2, -0.15) is 13.2 Å². The molecule has 0 aliphatic heterocycles. The zero-order chi connectivity index (χ0) is 15.6. The van der Waals surface area contributed by atoms with Gasteiger partial charge < -0.3 is 10.4 Å². The van der Waals surface area contributed by atoms with Crippen molar-refractivity contribution < 1.29 is 23.1 Å². The summed E-state index contributed by atoms with van der Waals surface area (Å²) in [7, 11) is 0. The van der Waals surface area contributed by atoms with E-state index in [2.05, 4.69) is 10.3 Å². The second kappa shape index (κ2) is 5.61. The van der Waals surface area contributed by atoms with E-state index in [1.165, 1.54) is 24.3 Å². The molecular weight excluding hydrogens is 309 g/mol. The molecule has 0 saturated carbocycles. The Morgan fingerprint density at radius 1 is 1.24 bits per heavy atom. The van der Waals surface area contributed by atoms with Gasteiger partial charge in [0.05, 0.1) is 10.6 Å². The van der Waals surface area contributed by atoms with Crippen molar-refractivity contribution in [2.45, 2.75) is 6.18 Å². The largest absolute Gasteiger partial charge is 0.476 e. The van der Waals surface area contributed by atoms with Crippen molar-refractivity contribution in [2.75, 3.05) is 5.32 Å². The molecule has 0 bridgehead atoms. The summed E-state index contributed by atoms with van der Waals surface area (Å²) >= 11 is 5.66. The highest BCUT2D eigenvalue weighted by Gasteiger charge is 2.30. The van der Waals surface area contributed by atoms with E-state index >= 15 is 0 Å². The summed E-state index contributed by atoms with van der Waals surface area (Å²) in [5.41, 5.74) is -1.07. The monoisotopic (exact) mass is 316 g/mol. The molecule has 21 heavy (non-hydrogen) atoms. The van der Waals surface area contributed by atoms with E-state index < -0.39 is 17.7 Å². The molecule has 1 aromatic heterocycles. The normalized spacial score (nSPS) is 11.2. The van der Waals surface area contributed by atoms with Crippen molar-refractivity contribution in [1.29, 1.82) is 0 Å². The van der Waals surface area contributed by atoms with Crippen LogP contribution in [-0.2, 0) is 6.18 Å². The van der Waals surface area contributed by atoms with Gasteiger partial charge in [0.15, 0.2) is 5.69 Å². The minimum Gasteiger partial charge on any atom is -0.476 e. The van der Waals surface area contributed by atoms with Crippen molar-refractivity contribution >= 4 is 29.1 Å². The highest BCUT2D eigenvalue weighted by Crippen LogP contribution is 2.31. The molecule has 4 nitrogen and oxygen atoms in total. The van der Waals surface area contributed by atoms with Gasteiger partial charge in [0.2, 0.25) is 0 Å². The standard InChI is InChI=1S/C13H8ClF3N2O2/c14-9-4-5-10(19-11(9)12(20)21)18-8-3-1-2-7(6-8)13(15,16)17/h1-6H,(H,18,19)(H,20,21). The Morgan fingerprint density at radius 3 is 2.57 bits per heavy atom. The molecule has 2 aromatic rings. The van der Waals surface area contributed by atoms with Crippen molar-refractivity contribution in [2.24, 2.45) is 0 Å². The number of rotatable bonds is 3. The van der Waals surface area contributed by atoms with Gasteiger partial charge in [0, 0.05) is 5.69 Å². The molecular formula is C13H8ClF3N2O2. The molecule has 2 N–H and O–H groups in total. The highest BCUT2D eigenvalue weighted by atomic mass is 35.5. The van der Waals surface area contributed by atoms with E-state index in [1.54, 1.807) is 0 Å². The molecule has 1 heterocycles. The van der Waals surface area contributed by atoms with Crippen molar-refractivity contribution in [3.8, 4) is 0 Å². The number of carboxylic acids is 1. The van der Waals surface area contributed by atoms with E-state index in [-0.39, 0.29) is 22.2 Å². The molecule has 0 aliphatic carbocycles. The van der Waals surface area contributed by atoms with Crippen LogP contribution in [0.4, 0.5) is 24.7 Å². The summed E-state index contributed by atoms with van der Waals surface area (Å²) in [4.78, 5) is 14.6. The lowest BCUT2D eigenvalue weighted by Crippen LogP contribution is -2.06. The lowest BCUT2D eigenvalue weighted by atomic mass is 10.2. The highest BCUT2D eigenvalue weighted by molar-refractivity contribution is 6.33. The Hall–Kier alpha value is -2.28. The fourth-order valence-corrected chi connectivity index (χ4v) is 1.77. The molecule has 1 aromatic carbocycles. The Morgan fingerprint density at radius 2 is 1.95 bits per heavy atom. The first-order valence-electron chi connectivity index (χ1n) is 5.61. The number of benzene rings is 1. The molecule has 0 aliphatic rings. The predicted octanol–water partition coefficient (Wildman–Crippen LogP) is 4.20. The Balaban J connectivity index is 2.31. The molecule has 0 radical (unpaired) electrons. The predicted molar refractivity (Wildman–Crippen MR) is 70.9 cm³/mol. The fraction of sp³-hybridized carbons (Fsp3) is 0.0769. The molecule has 2 rings (SSSR count). The van der Waals surface area contributed by atoms with E-state index in [1.807, 2.05) is 0 Å². The van der Waals surface area contributed by atoms with Gasteiger partial charge >= 0.3 is 12.1 Å². The van der Waals surface area contributed by atoms with Crippen molar-refractivity contribution in [3.05, 3.63) is 52.7 Å². The third-order valence-corrected chi connectivity index (χ3v) is 2.82. The average molecular weight is 317 g/mol. The second-order valence-electron chi connectivity index (χ2n) is 4.04. The van der Waals surface area contributed by atoms with Gasteiger partial charge in [-0.05, 0) is 30.3 Å². The molecule has 110 valence electrons. The number of nitrogens with one attached hydrogen (secondary N) is 1. The second-order valence-corrected chi connectivity index (χ2v) is 4.44. The van der Waals surface area contributed by atoms with Gasteiger partial charge in [-0.15, -0.1) is 0 Å². The van der Waals surface area contributed by atoms with Crippen molar-refractivity contribution in [1.82, 2.24) is 4.98 Å². The zero-order valence-electron chi connectivity index (χ0n) is 10.3. The van der Waals surface area contributed by atoms with Gasteiger partial charge in [-0.1, -0.05) is 17.7 Å². The Bertz CT molecular complexity index is 689. The smallest absolute Gasteiger partial charge is 0.416 e. The van der Waals surface area contributed by atoms with Crippen LogP contribution in [0.3, 0.4) is 0 Å². The number of pyridine rings is 1. The summed E-state index contributed by atoms with van der Waals surface area (Å²) in [5, 5.41) is 11.4. The first-order valence-corrected chi connectivity index (χ1v) is 5.99. The topological polar surface area (TPSA) is 62.2 Å². The van der Waals surface area contributed by atoms with E-state index in [4.69, 9.17) is 16.7 Å². The number of carbonyl (C=O) groups is 1. The number of hydrogen-bond donors (Lipinski definition) is 2. The fourth-order valence-electron chi connectivity index (χ4n) is 1.58. The SMILES string of the molecule is O=C(O)c1nc(Nc2cccc(C(F)(F)F)c2)ccc1Cl. The number of anilines is 2. The maximum atomic E-state index is 12.6. The van der Waals surface area contributed by atoms with Gasteiger partial charge in [-0.3, -0.25) is 0 Å². The van der Waals surface area contributed by atoms with Gasteiger partial charge in [-0.25, -0.2) is 9.78 Å². The summed E-state index contributed by atoms with van der Waals surface area (Å²) in [6.07, 6.45) is -4.46. The van der Waals surface area contributed by atoms with Crippen LogP contribution in [0.1, 0.15) is 16.1 Å². The van der Waals surface area contributed by atoms with Gasteiger partial charge in [0.1, 0.15) is 5.82 Å². The third kappa shape index (κ3) is 3.63. The summed E-state index contributed by atoms with van der Waals surface area (Å²) < 4.78 is 37.8. The summed E-state index contributed by atoms with van der Waals surface area (Å²) in [5.74, 6) is -1.25. The minimum atomic E-state index is -4.46. The Labute approximate surface area is 122 Å². The molecule has 0 atom stereocenters. The summed E-state index contributed by atoms with van der Waals surface area (Å²) in [6.45, 7) is 0. The molecule has 0 saturated heterocycles. The van der Waals surface area contributed by atoms with Crippen LogP contribution >= 0.6 is 11.6 Å². The van der Waals surface area contributed by atoms with Crippen LogP contribution < -0.4 is 5.32 Å². The van der Waals surface area contributed by atoms with E-state index in [0.717, 1.165) is 12.1 Å². The lowest BCUT2D eigenvalue weighted by molar-refractivity contribution is -0.137. The van der Waals surface area contributed by atoms with Crippen LogP contribution in [0.5, 0.6) is 0 Å². The maximum absolute atomic E-state index is 12.6. The number of aromatic nitrogens is 1. The molecule has 0 amide bonds. The molecule has 8 heteroatoms. The van der Waals surface area contributed by atoms with Crippen LogP contribution in [-0.4, -0.2) is 16.1 Å². The number of halogens is 4. The number of alkyl halides is 3. The summed E-state index contributed by atoms with van der Waals surface area (Å²) in [6, 6.07) is 7.15. The maximum Gasteiger partial charge on any atom is 0.416 e.